The van der Waals surface area contributed by atoms with Gasteiger partial charge in [0.2, 0.25) is 0 Å². The fourth-order valence-electron chi connectivity index (χ4n) is 2.83. The second-order valence-corrected chi connectivity index (χ2v) is 4.85. The number of carbonyl (C=O) groups is 1. The molecule has 2 heterocycles. The second-order valence-electron chi connectivity index (χ2n) is 4.85. The molecule has 0 aliphatic carbocycles. The Kier molecular flexibility index (Phi) is 2.98. The Bertz CT molecular complexity index is 627. The van der Waals surface area contributed by atoms with Crippen LogP contribution in [-0.2, 0) is 4.74 Å². The number of aryl methyl sites for hydroxylation is 1. The average molecular weight is 260 g/mol. The fraction of sp³-hybridized carbons (Fsp3) is 0.429. The third-order valence-corrected chi connectivity index (χ3v) is 3.67. The second kappa shape index (κ2) is 4.66. The van der Waals surface area contributed by atoms with Crippen LogP contribution >= 0.6 is 0 Å². The van der Waals surface area contributed by atoms with Crippen LogP contribution in [0.3, 0.4) is 0 Å². The topological polar surface area (TPSA) is 64.3 Å². The summed E-state index contributed by atoms with van der Waals surface area (Å²) in [6.07, 6.45) is 1.81. The van der Waals surface area contributed by atoms with Crippen molar-refractivity contribution in [3.8, 4) is 0 Å². The van der Waals surface area contributed by atoms with Crippen LogP contribution < -0.4 is 0 Å². The minimum Gasteiger partial charge on any atom is -0.478 e. The van der Waals surface area contributed by atoms with E-state index in [1.165, 1.54) is 0 Å². The summed E-state index contributed by atoms with van der Waals surface area (Å²) < 4.78 is 7.45. The first kappa shape index (κ1) is 12.2. The maximum Gasteiger partial charge on any atom is 0.337 e. The van der Waals surface area contributed by atoms with Gasteiger partial charge in [0.25, 0.3) is 0 Å². The molecule has 0 radical (unpaired) electrons. The number of imidazole rings is 1. The number of nitrogens with zero attached hydrogens (tertiary/aromatic N) is 2. The van der Waals surface area contributed by atoms with E-state index in [4.69, 9.17) is 4.74 Å². The van der Waals surface area contributed by atoms with E-state index in [-0.39, 0.29) is 6.04 Å². The molecule has 19 heavy (non-hydrogen) atoms. The molecule has 0 atom stereocenters. The molecule has 1 aromatic carbocycles. The van der Waals surface area contributed by atoms with Gasteiger partial charge in [0, 0.05) is 19.3 Å². The SMILES string of the molecule is Cc1nc2cccc(C(=O)O)c2n1C1CCOCC1. The lowest BCUT2D eigenvalue weighted by Gasteiger charge is -2.25. The molecule has 1 aliphatic rings. The lowest BCUT2D eigenvalue weighted by Crippen LogP contribution is -2.21. The highest BCUT2D eigenvalue weighted by atomic mass is 16.5. The summed E-state index contributed by atoms with van der Waals surface area (Å²) in [5, 5.41) is 9.35. The number of para-hydroxylation sites is 1. The van der Waals surface area contributed by atoms with E-state index in [0.29, 0.717) is 5.56 Å². The third-order valence-electron chi connectivity index (χ3n) is 3.67. The summed E-state index contributed by atoms with van der Waals surface area (Å²) in [6, 6.07) is 5.53. The van der Waals surface area contributed by atoms with Crippen LogP contribution in [0, 0.1) is 6.92 Å². The first-order chi connectivity index (χ1) is 9.18. The van der Waals surface area contributed by atoms with Gasteiger partial charge < -0.3 is 14.4 Å². The molecule has 5 nitrogen and oxygen atoms in total. The van der Waals surface area contributed by atoms with Gasteiger partial charge in [-0.3, -0.25) is 0 Å². The monoisotopic (exact) mass is 260 g/mol. The van der Waals surface area contributed by atoms with Gasteiger partial charge in [-0.15, -0.1) is 0 Å². The molecule has 0 amide bonds. The van der Waals surface area contributed by atoms with Crippen molar-refractivity contribution in [1.29, 1.82) is 0 Å². The molecule has 0 spiro atoms. The van der Waals surface area contributed by atoms with Crippen molar-refractivity contribution in [1.82, 2.24) is 9.55 Å². The molecule has 100 valence electrons. The van der Waals surface area contributed by atoms with E-state index in [9.17, 15) is 9.90 Å². The van der Waals surface area contributed by atoms with Crippen molar-refractivity contribution in [3.63, 3.8) is 0 Å². The molecule has 5 heteroatoms. The zero-order chi connectivity index (χ0) is 13.4. The summed E-state index contributed by atoms with van der Waals surface area (Å²) in [7, 11) is 0. The number of aromatic carboxylic acids is 1. The molecule has 1 saturated heterocycles. The first-order valence-corrected chi connectivity index (χ1v) is 6.47. The first-order valence-electron chi connectivity index (χ1n) is 6.47. The highest BCUT2D eigenvalue weighted by molar-refractivity contribution is 6.01. The van der Waals surface area contributed by atoms with Crippen LogP contribution in [-0.4, -0.2) is 33.8 Å². The number of carboxylic acid groups (broad SMARTS) is 1. The number of aromatic nitrogens is 2. The number of benzene rings is 1. The van der Waals surface area contributed by atoms with Gasteiger partial charge in [-0.05, 0) is 31.9 Å². The lowest BCUT2D eigenvalue weighted by molar-refractivity contribution is 0.0687. The van der Waals surface area contributed by atoms with Gasteiger partial charge in [0.15, 0.2) is 0 Å². The van der Waals surface area contributed by atoms with Crippen LogP contribution in [0.1, 0.15) is 35.1 Å². The molecule has 2 aromatic rings. The highest BCUT2D eigenvalue weighted by Crippen LogP contribution is 2.29. The number of fused-ring (bicyclic) bond motifs is 1. The van der Waals surface area contributed by atoms with Crippen LogP contribution in [0.25, 0.3) is 11.0 Å². The van der Waals surface area contributed by atoms with Crippen LogP contribution in [0.2, 0.25) is 0 Å². The summed E-state index contributed by atoms with van der Waals surface area (Å²) in [5.74, 6) is -0.0330. The summed E-state index contributed by atoms with van der Waals surface area (Å²) >= 11 is 0. The quantitative estimate of drug-likeness (QED) is 0.900. The molecule has 0 saturated carbocycles. The van der Waals surface area contributed by atoms with Crippen molar-refractivity contribution in [2.75, 3.05) is 13.2 Å². The average Bonchev–Trinajstić information content (AvgIpc) is 2.75. The smallest absolute Gasteiger partial charge is 0.337 e. The van der Waals surface area contributed by atoms with E-state index in [1.807, 2.05) is 13.0 Å². The molecular formula is C14H16N2O3. The Labute approximate surface area is 110 Å². The summed E-state index contributed by atoms with van der Waals surface area (Å²) in [5.41, 5.74) is 1.81. The number of hydrogen-bond donors (Lipinski definition) is 1. The normalized spacial score (nSPS) is 16.9. The van der Waals surface area contributed by atoms with Crippen LogP contribution in [0.15, 0.2) is 18.2 Å². The number of carboxylic acids is 1. The molecule has 1 fully saturated rings. The molecular weight excluding hydrogens is 244 g/mol. The van der Waals surface area contributed by atoms with Crippen molar-refractivity contribution in [2.45, 2.75) is 25.8 Å². The van der Waals surface area contributed by atoms with E-state index < -0.39 is 5.97 Å². The van der Waals surface area contributed by atoms with Crippen LogP contribution in [0.4, 0.5) is 0 Å². The predicted molar refractivity (Wildman–Crippen MR) is 70.5 cm³/mol. The number of hydrogen-bond acceptors (Lipinski definition) is 3. The Morgan fingerprint density at radius 1 is 1.42 bits per heavy atom. The van der Waals surface area contributed by atoms with E-state index in [2.05, 4.69) is 9.55 Å². The summed E-state index contributed by atoms with van der Waals surface area (Å²) in [4.78, 5) is 15.9. The van der Waals surface area contributed by atoms with E-state index in [0.717, 1.165) is 42.9 Å². The Balaban J connectivity index is 2.21. The highest BCUT2D eigenvalue weighted by Gasteiger charge is 2.23. The van der Waals surface area contributed by atoms with Gasteiger partial charge in [-0.1, -0.05) is 6.07 Å². The Morgan fingerprint density at radius 2 is 2.16 bits per heavy atom. The molecule has 1 aromatic heterocycles. The predicted octanol–water partition coefficient (Wildman–Crippen LogP) is 2.39. The lowest BCUT2D eigenvalue weighted by atomic mass is 10.1. The minimum absolute atomic E-state index is 0.277. The minimum atomic E-state index is -0.904. The van der Waals surface area contributed by atoms with Crippen molar-refractivity contribution >= 4 is 17.0 Å². The molecule has 3 rings (SSSR count). The fourth-order valence-corrected chi connectivity index (χ4v) is 2.83. The zero-order valence-corrected chi connectivity index (χ0v) is 10.8. The van der Waals surface area contributed by atoms with Crippen LogP contribution in [0.5, 0.6) is 0 Å². The van der Waals surface area contributed by atoms with Crippen molar-refractivity contribution in [2.24, 2.45) is 0 Å². The maximum absolute atomic E-state index is 11.4. The van der Waals surface area contributed by atoms with E-state index in [1.54, 1.807) is 12.1 Å². The van der Waals surface area contributed by atoms with Gasteiger partial charge in [-0.25, -0.2) is 9.78 Å². The van der Waals surface area contributed by atoms with Gasteiger partial charge in [-0.2, -0.15) is 0 Å². The zero-order valence-electron chi connectivity index (χ0n) is 10.8. The molecule has 1 aliphatic heterocycles. The largest absolute Gasteiger partial charge is 0.478 e. The Morgan fingerprint density at radius 3 is 2.84 bits per heavy atom. The van der Waals surface area contributed by atoms with Gasteiger partial charge >= 0.3 is 5.97 Å². The number of ether oxygens (including phenoxy) is 1. The van der Waals surface area contributed by atoms with Crippen molar-refractivity contribution in [3.05, 3.63) is 29.6 Å². The van der Waals surface area contributed by atoms with E-state index >= 15 is 0 Å². The summed E-state index contributed by atoms with van der Waals surface area (Å²) in [6.45, 7) is 3.37. The van der Waals surface area contributed by atoms with Gasteiger partial charge in [0.05, 0.1) is 16.6 Å². The standard InChI is InChI=1S/C14H16N2O3/c1-9-15-12-4-2-3-11(14(17)18)13(12)16(9)10-5-7-19-8-6-10/h2-4,10H,5-8H2,1H3,(H,17,18). The molecule has 0 unspecified atom stereocenters. The van der Waals surface area contributed by atoms with Crippen molar-refractivity contribution < 1.29 is 14.6 Å². The maximum atomic E-state index is 11.4. The number of rotatable bonds is 2. The Hall–Kier alpha value is -1.88. The third kappa shape index (κ3) is 2.00. The molecule has 1 N–H and O–H groups in total. The molecule has 0 bridgehead atoms. The van der Waals surface area contributed by atoms with Gasteiger partial charge in [0.1, 0.15) is 5.82 Å².